The molecule has 0 spiro atoms. The summed E-state index contributed by atoms with van der Waals surface area (Å²) in [6, 6.07) is 3.98. The fourth-order valence-corrected chi connectivity index (χ4v) is 1.93. The molecule has 0 aliphatic rings. The second-order valence-electron chi connectivity index (χ2n) is 3.90. The number of rotatable bonds is 5. The summed E-state index contributed by atoms with van der Waals surface area (Å²) in [5, 5.41) is 12.6. The molecular formula is C13H21NO2. The van der Waals surface area contributed by atoms with Gasteiger partial charge in [0, 0.05) is 0 Å². The molecule has 0 radical (unpaired) electrons. The Morgan fingerprint density at radius 3 is 2.50 bits per heavy atom. The minimum absolute atomic E-state index is 0.00889. The molecule has 1 atom stereocenters. The molecule has 0 saturated carbocycles. The second kappa shape index (κ2) is 5.87. The van der Waals surface area contributed by atoms with Gasteiger partial charge in [-0.1, -0.05) is 13.0 Å². The first kappa shape index (κ1) is 13.0. The number of benzene rings is 1. The maximum Gasteiger partial charge on any atom is 0.122 e. The first-order valence-electron chi connectivity index (χ1n) is 5.64. The SMILES string of the molecule is CCNC(CO)c1ccc(OC)c(C)c1C. The fourth-order valence-electron chi connectivity index (χ4n) is 1.93. The van der Waals surface area contributed by atoms with Gasteiger partial charge in [0.15, 0.2) is 0 Å². The van der Waals surface area contributed by atoms with Crippen LogP contribution in [0.15, 0.2) is 12.1 Å². The first-order valence-corrected chi connectivity index (χ1v) is 5.64. The van der Waals surface area contributed by atoms with Gasteiger partial charge in [-0.15, -0.1) is 0 Å². The van der Waals surface area contributed by atoms with Crippen LogP contribution in [0.1, 0.15) is 29.7 Å². The van der Waals surface area contributed by atoms with Crippen LogP contribution in [0, 0.1) is 13.8 Å². The lowest BCUT2D eigenvalue weighted by Crippen LogP contribution is -2.25. The number of aliphatic hydroxyl groups is 1. The van der Waals surface area contributed by atoms with Crippen LogP contribution in [0.2, 0.25) is 0 Å². The van der Waals surface area contributed by atoms with E-state index in [1.165, 1.54) is 5.56 Å². The average molecular weight is 223 g/mol. The summed E-state index contributed by atoms with van der Waals surface area (Å²) >= 11 is 0. The number of likely N-dealkylation sites (N-methyl/N-ethyl adjacent to an activating group) is 1. The van der Waals surface area contributed by atoms with E-state index >= 15 is 0 Å². The van der Waals surface area contributed by atoms with Gasteiger partial charge in [0.25, 0.3) is 0 Å². The summed E-state index contributed by atoms with van der Waals surface area (Å²) in [5.41, 5.74) is 3.46. The van der Waals surface area contributed by atoms with Crippen molar-refractivity contribution in [3.63, 3.8) is 0 Å². The average Bonchev–Trinajstić information content (AvgIpc) is 2.30. The van der Waals surface area contributed by atoms with Gasteiger partial charge in [0.05, 0.1) is 19.8 Å². The van der Waals surface area contributed by atoms with Crippen molar-refractivity contribution in [3.05, 3.63) is 28.8 Å². The van der Waals surface area contributed by atoms with Crippen LogP contribution >= 0.6 is 0 Å². The highest BCUT2D eigenvalue weighted by Gasteiger charge is 2.14. The van der Waals surface area contributed by atoms with Crippen molar-refractivity contribution in [3.8, 4) is 5.75 Å². The van der Waals surface area contributed by atoms with Gasteiger partial charge >= 0.3 is 0 Å². The van der Waals surface area contributed by atoms with E-state index in [1.807, 2.05) is 26.0 Å². The lowest BCUT2D eigenvalue weighted by atomic mass is 9.97. The van der Waals surface area contributed by atoms with Gasteiger partial charge in [-0.05, 0) is 43.1 Å². The number of aliphatic hydroxyl groups excluding tert-OH is 1. The zero-order valence-electron chi connectivity index (χ0n) is 10.5. The molecule has 0 aliphatic heterocycles. The standard InChI is InChI=1S/C13H21NO2/c1-5-14-12(8-15)11-6-7-13(16-4)10(3)9(11)2/h6-7,12,14-15H,5,8H2,1-4H3. The third-order valence-corrected chi connectivity index (χ3v) is 3.01. The van der Waals surface area contributed by atoms with Crippen molar-refractivity contribution >= 4 is 0 Å². The Hall–Kier alpha value is -1.06. The smallest absolute Gasteiger partial charge is 0.122 e. The number of methoxy groups -OCH3 is 1. The van der Waals surface area contributed by atoms with Gasteiger partial charge in [-0.2, -0.15) is 0 Å². The minimum atomic E-state index is 0.00889. The Morgan fingerprint density at radius 1 is 1.31 bits per heavy atom. The summed E-state index contributed by atoms with van der Waals surface area (Å²) in [6.45, 7) is 7.09. The van der Waals surface area contributed by atoms with E-state index in [0.29, 0.717) is 0 Å². The molecule has 1 aromatic rings. The lowest BCUT2D eigenvalue weighted by Gasteiger charge is -2.20. The van der Waals surface area contributed by atoms with Crippen LogP contribution in [-0.4, -0.2) is 25.4 Å². The summed E-state index contributed by atoms with van der Waals surface area (Å²) in [6.07, 6.45) is 0. The Balaban J connectivity index is 3.09. The first-order chi connectivity index (χ1) is 7.65. The molecule has 1 unspecified atom stereocenters. The topological polar surface area (TPSA) is 41.5 Å². The van der Waals surface area contributed by atoms with Crippen LogP contribution in [0.4, 0.5) is 0 Å². The highest BCUT2D eigenvalue weighted by molar-refractivity contribution is 5.44. The number of hydrogen-bond donors (Lipinski definition) is 2. The third-order valence-electron chi connectivity index (χ3n) is 3.01. The summed E-state index contributed by atoms with van der Waals surface area (Å²) in [4.78, 5) is 0. The van der Waals surface area contributed by atoms with Crippen molar-refractivity contribution in [1.29, 1.82) is 0 Å². The Morgan fingerprint density at radius 2 is 2.00 bits per heavy atom. The Kier molecular flexibility index (Phi) is 4.77. The van der Waals surface area contributed by atoms with E-state index in [4.69, 9.17) is 4.74 Å². The normalized spacial score (nSPS) is 12.6. The van der Waals surface area contributed by atoms with E-state index < -0.39 is 0 Å². The molecule has 0 fully saturated rings. The van der Waals surface area contributed by atoms with Crippen molar-refractivity contribution in [1.82, 2.24) is 5.32 Å². The van der Waals surface area contributed by atoms with E-state index in [1.54, 1.807) is 7.11 Å². The second-order valence-corrected chi connectivity index (χ2v) is 3.90. The molecule has 1 aromatic carbocycles. The largest absolute Gasteiger partial charge is 0.496 e. The van der Waals surface area contributed by atoms with Crippen molar-refractivity contribution in [2.24, 2.45) is 0 Å². The zero-order chi connectivity index (χ0) is 12.1. The molecule has 3 nitrogen and oxygen atoms in total. The molecule has 3 heteroatoms. The highest BCUT2D eigenvalue weighted by Crippen LogP contribution is 2.27. The van der Waals surface area contributed by atoms with Gasteiger partial charge in [0.2, 0.25) is 0 Å². The monoisotopic (exact) mass is 223 g/mol. The van der Waals surface area contributed by atoms with Gasteiger partial charge in [0.1, 0.15) is 5.75 Å². The maximum atomic E-state index is 9.36. The van der Waals surface area contributed by atoms with E-state index in [9.17, 15) is 5.11 Å². The van der Waals surface area contributed by atoms with Crippen molar-refractivity contribution in [2.75, 3.05) is 20.3 Å². The molecule has 0 bridgehead atoms. The Labute approximate surface area is 97.4 Å². The molecule has 0 heterocycles. The number of hydrogen-bond acceptors (Lipinski definition) is 3. The van der Waals surface area contributed by atoms with Gasteiger partial charge in [-0.3, -0.25) is 0 Å². The fraction of sp³-hybridized carbons (Fsp3) is 0.538. The zero-order valence-corrected chi connectivity index (χ0v) is 10.5. The van der Waals surface area contributed by atoms with Crippen LogP contribution in [-0.2, 0) is 0 Å². The minimum Gasteiger partial charge on any atom is -0.496 e. The molecule has 0 aromatic heterocycles. The molecule has 16 heavy (non-hydrogen) atoms. The molecule has 90 valence electrons. The predicted octanol–water partition coefficient (Wildman–Crippen LogP) is 1.95. The highest BCUT2D eigenvalue weighted by atomic mass is 16.5. The Bertz CT molecular complexity index is 350. The predicted molar refractivity (Wildman–Crippen MR) is 66.0 cm³/mol. The molecule has 0 aliphatic carbocycles. The van der Waals surface area contributed by atoms with Crippen LogP contribution in [0.5, 0.6) is 5.75 Å². The molecule has 2 N–H and O–H groups in total. The summed E-state index contributed by atoms with van der Waals surface area (Å²) in [7, 11) is 1.68. The van der Waals surface area contributed by atoms with E-state index in [-0.39, 0.29) is 12.6 Å². The molecular weight excluding hydrogens is 202 g/mol. The molecule has 0 saturated heterocycles. The molecule has 1 rings (SSSR count). The van der Waals surface area contributed by atoms with Crippen LogP contribution < -0.4 is 10.1 Å². The third kappa shape index (κ3) is 2.54. The van der Waals surface area contributed by atoms with Crippen LogP contribution in [0.3, 0.4) is 0 Å². The van der Waals surface area contributed by atoms with Gasteiger partial charge in [-0.25, -0.2) is 0 Å². The van der Waals surface area contributed by atoms with Crippen LogP contribution in [0.25, 0.3) is 0 Å². The number of nitrogens with one attached hydrogen (secondary N) is 1. The van der Waals surface area contributed by atoms with Crippen molar-refractivity contribution < 1.29 is 9.84 Å². The van der Waals surface area contributed by atoms with Crippen molar-refractivity contribution in [2.45, 2.75) is 26.8 Å². The van der Waals surface area contributed by atoms with E-state index in [0.717, 1.165) is 23.4 Å². The van der Waals surface area contributed by atoms with E-state index in [2.05, 4.69) is 12.2 Å². The quantitative estimate of drug-likeness (QED) is 0.801. The van der Waals surface area contributed by atoms with Gasteiger partial charge < -0.3 is 15.2 Å². The summed E-state index contributed by atoms with van der Waals surface area (Å²) in [5.74, 6) is 0.898. The lowest BCUT2D eigenvalue weighted by molar-refractivity contribution is 0.246. The molecule has 0 amide bonds. The number of ether oxygens (including phenoxy) is 1. The maximum absolute atomic E-state index is 9.36. The summed E-state index contributed by atoms with van der Waals surface area (Å²) < 4.78 is 5.27.